The molecule has 0 radical (unpaired) electrons. The number of carbonyl (C=O) groups excluding carboxylic acids is 1. The Morgan fingerprint density at radius 1 is 1.32 bits per heavy atom. The van der Waals surface area contributed by atoms with Crippen LogP contribution in [0.1, 0.15) is 38.7 Å². The van der Waals surface area contributed by atoms with Gasteiger partial charge in [0, 0.05) is 24.7 Å². The first-order chi connectivity index (χ1) is 12.1. The molecule has 5 nitrogen and oxygen atoms in total. The van der Waals surface area contributed by atoms with Crippen LogP contribution in [-0.4, -0.2) is 43.9 Å². The third-order valence-corrected chi connectivity index (χ3v) is 5.37. The Morgan fingerprint density at radius 3 is 2.76 bits per heavy atom. The molecule has 1 aromatic heterocycles. The molecule has 25 heavy (non-hydrogen) atoms. The summed E-state index contributed by atoms with van der Waals surface area (Å²) in [4.78, 5) is 14.5. The van der Waals surface area contributed by atoms with Gasteiger partial charge in [-0.15, -0.1) is 10.2 Å². The van der Waals surface area contributed by atoms with Gasteiger partial charge in [-0.05, 0) is 39.2 Å². The summed E-state index contributed by atoms with van der Waals surface area (Å²) < 4.78 is 2.14. The first kappa shape index (κ1) is 18.0. The second-order valence-corrected chi connectivity index (χ2v) is 7.47. The van der Waals surface area contributed by atoms with E-state index in [1.807, 2.05) is 11.0 Å². The van der Waals surface area contributed by atoms with Crippen LogP contribution in [0.25, 0.3) is 11.4 Å². The number of amides is 1. The minimum absolute atomic E-state index is 0.207. The number of aromatic nitrogens is 3. The van der Waals surface area contributed by atoms with Gasteiger partial charge in [0.05, 0.1) is 5.75 Å². The first-order valence-corrected chi connectivity index (χ1v) is 10.0. The fourth-order valence-electron chi connectivity index (χ4n) is 3.05. The molecule has 3 rings (SSSR count). The standard InChI is InChI=1S/C19H26N4OS/c1-4-11-23-18(15-8-6-7-14(3)12-15)20-21-19(23)25-13-17(24)22(5-2)16-9-10-16/h6-8,12,16H,4-5,9-11,13H2,1-3H3. The van der Waals surface area contributed by atoms with Gasteiger partial charge in [-0.1, -0.05) is 42.4 Å². The molecule has 0 unspecified atom stereocenters. The molecule has 0 bridgehead atoms. The van der Waals surface area contributed by atoms with Crippen molar-refractivity contribution in [2.75, 3.05) is 12.3 Å². The van der Waals surface area contributed by atoms with Crippen molar-refractivity contribution < 1.29 is 4.79 Å². The van der Waals surface area contributed by atoms with E-state index >= 15 is 0 Å². The maximum atomic E-state index is 12.5. The molecule has 1 amide bonds. The van der Waals surface area contributed by atoms with E-state index in [4.69, 9.17) is 0 Å². The lowest BCUT2D eigenvalue weighted by Crippen LogP contribution is -2.34. The Balaban J connectivity index is 1.76. The monoisotopic (exact) mass is 358 g/mol. The number of aryl methyl sites for hydroxylation is 1. The predicted molar refractivity (Wildman–Crippen MR) is 102 cm³/mol. The summed E-state index contributed by atoms with van der Waals surface area (Å²) in [6.07, 6.45) is 3.29. The Kier molecular flexibility index (Phi) is 5.78. The molecular formula is C19H26N4OS. The molecule has 2 aromatic rings. The fraction of sp³-hybridized carbons (Fsp3) is 0.526. The van der Waals surface area contributed by atoms with E-state index in [0.717, 1.165) is 48.9 Å². The van der Waals surface area contributed by atoms with Gasteiger partial charge < -0.3 is 9.47 Å². The minimum atomic E-state index is 0.207. The van der Waals surface area contributed by atoms with Crippen molar-refractivity contribution in [3.05, 3.63) is 29.8 Å². The summed E-state index contributed by atoms with van der Waals surface area (Å²) in [5.41, 5.74) is 2.28. The molecule has 0 spiro atoms. The number of benzene rings is 1. The summed E-state index contributed by atoms with van der Waals surface area (Å²) in [5, 5.41) is 9.60. The Labute approximate surface area is 153 Å². The lowest BCUT2D eigenvalue weighted by molar-refractivity contribution is -0.128. The van der Waals surface area contributed by atoms with Gasteiger partial charge in [-0.25, -0.2) is 0 Å². The van der Waals surface area contributed by atoms with E-state index in [1.165, 1.54) is 17.3 Å². The molecule has 1 aliphatic rings. The highest BCUT2D eigenvalue weighted by Crippen LogP contribution is 2.29. The van der Waals surface area contributed by atoms with E-state index in [0.29, 0.717) is 11.8 Å². The number of hydrogen-bond donors (Lipinski definition) is 0. The number of nitrogens with zero attached hydrogens (tertiary/aromatic N) is 4. The van der Waals surface area contributed by atoms with Crippen LogP contribution in [0.15, 0.2) is 29.4 Å². The molecule has 1 heterocycles. The molecule has 0 N–H and O–H groups in total. The maximum Gasteiger partial charge on any atom is 0.233 e. The fourth-order valence-corrected chi connectivity index (χ4v) is 3.90. The van der Waals surface area contributed by atoms with Crippen molar-refractivity contribution in [2.45, 2.75) is 57.8 Å². The van der Waals surface area contributed by atoms with Crippen LogP contribution in [0.4, 0.5) is 0 Å². The highest BCUT2D eigenvalue weighted by Gasteiger charge is 2.31. The summed E-state index contributed by atoms with van der Waals surface area (Å²) in [6.45, 7) is 7.92. The van der Waals surface area contributed by atoms with Gasteiger partial charge in [0.15, 0.2) is 11.0 Å². The van der Waals surface area contributed by atoms with Gasteiger partial charge in [0.1, 0.15) is 0 Å². The van der Waals surface area contributed by atoms with Crippen molar-refractivity contribution >= 4 is 17.7 Å². The smallest absolute Gasteiger partial charge is 0.233 e. The molecule has 6 heteroatoms. The molecule has 1 fully saturated rings. The van der Waals surface area contributed by atoms with E-state index in [2.05, 4.69) is 53.7 Å². The zero-order valence-corrected chi connectivity index (χ0v) is 16.1. The molecule has 134 valence electrons. The topological polar surface area (TPSA) is 51.0 Å². The third-order valence-electron chi connectivity index (χ3n) is 4.41. The molecule has 0 saturated heterocycles. The average Bonchev–Trinajstić information content (AvgIpc) is 3.35. The van der Waals surface area contributed by atoms with Crippen molar-refractivity contribution in [3.8, 4) is 11.4 Å². The van der Waals surface area contributed by atoms with Crippen LogP contribution < -0.4 is 0 Å². The van der Waals surface area contributed by atoms with Crippen molar-refractivity contribution in [1.82, 2.24) is 19.7 Å². The van der Waals surface area contributed by atoms with Crippen LogP contribution in [-0.2, 0) is 11.3 Å². The molecule has 0 atom stereocenters. The normalized spacial score (nSPS) is 13.9. The molecule has 1 aromatic carbocycles. The Morgan fingerprint density at radius 2 is 2.12 bits per heavy atom. The number of hydrogen-bond acceptors (Lipinski definition) is 4. The largest absolute Gasteiger partial charge is 0.339 e. The summed E-state index contributed by atoms with van der Waals surface area (Å²) in [5.74, 6) is 1.52. The molecular weight excluding hydrogens is 332 g/mol. The zero-order chi connectivity index (χ0) is 17.8. The minimum Gasteiger partial charge on any atom is -0.339 e. The lowest BCUT2D eigenvalue weighted by Gasteiger charge is -2.20. The highest BCUT2D eigenvalue weighted by atomic mass is 32.2. The van der Waals surface area contributed by atoms with Gasteiger partial charge in [-0.2, -0.15) is 0 Å². The lowest BCUT2D eigenvalue weighted by atomic mass is 10.1. The second kappa shape index (κ2) is 8.04. The summed E-state index contributed by atoms with van der Waals surface area (Å²) in [7, 11) is 0. The molecule has 1 saturated carbocycles. The van der Waals surface area contributed by atoms with Gasteiger partial charge in [0.25, 0.3) is 0 Å². The van der Waals surface area contributed by atoms with Crippen LogP contribution >= 0.6 is 11.8 Å². The van der Waals surface area contributed by atoms with E-state index in [1.54, 1.807) is 0 Å². The van der Waals surface area contributed by atoms with Crippen LogP contribution in [0.2, 0.25) is 0 Å². The average molecular weight is 359 g/mol. The summed E-state index contributed by atoms with van der Waals surface area (Å²) >= 11 is 1.50. The van der Waals surface area contributed by atoms with Crippen molar-refractivity contribution in [1.29, 1.82) is 0 Å². The van der Waals surface area contributed by atoms with E-state index in [9.17, 15) is 4.79 Å². The number of rotatable bonds is 8. The number of carbonyl (C=O) groups is 1. The number of thioether (sulfide) groups is 1. The van der Waals surface area contributed by atoms with E-state index in [-0.39, 0.29) is 5.91 Å². The van der Waals surface area contributed by atoms with Gasteiger partial charge in [-0.3, -0.25) is 4.79 Å². The Bertz CT molecular complexity index is 739. The molecule has 1 aliphatic carbocycles. The highest BCUT2D eigenvalue weighted by molar-refractivity contribution is 7.99. The SMILES string of the molecule is CCCn1c(SCC(=O)N(CC)C2CC2)nnc1-c1cccc(C)c1. The van der Waals surface area contributed by atoms with Crippen LogP contribution in [0, 0.1) is 6.92 Å². The van der Waals surface area contributed by atoms with Gasteiger partial charge in [0.2, 0.25) is 5.91 Å². The maximum absolute atomic E-state index is 12.5. The van der Waals surface area contributed by atoms with Crippen molar-refractivity contribution in [2.24, 2.45) is 0 Å². The molecule has 0 aliphatic heterocycles. The van der Waals surface area contributed by atoms with Gasteiger partial charge >= 0.3 is 0 Å². The van der Waals surface area contributed by atoms with Crippen molar-refractivity contribution in [3.63, 3.8) is 0 Å². The third kappa shape index (κ3) is 4.24. The predicted octanol–water partition coefficient (Wildman–Crippen LogP) is 3.77. The summed E-state index contributed by atoms with van der Waals surface area (Å²) in [6, 6.07) is 8.78. The zero-order valence-electron chi connectivity index (χ0n) is 15.2. The first-order valence-electron chi connectivity index (χ1n) is 9.06. The Hall–Kier alpha value is -1.82. The van der Waals surface area contributed by atoms with Crippen LogP contribution in [0.3, 0.4) is 0 Å². The second-order valence-electron chi connectivity index (χ2n) is 6.53. The van der Waals surface area contributed by atoms with Crippen LogP contribution in [0.5, 0.6) is 0 Å². The van der Waals surface area contributed by atoms with E-state index < -0.39 is 0 Å². The quantitative estimate of drug-likeness (QED) is 0.674.